The summed E-state index contributed by atoms with van der Waals surface area (Å²) in [7, 11) is 0. The molecule has 41 heavy (non-hydrogen) atoms. The molecule has 3 aromatic heterocycles. The summed E-state index contributed by atoms with van der Waals surface area (Å²) in [5, 5.41) is 5.72. The maximum Gasteiger partial charge on any atom is 0.266 e. The van der Waals surface area contributed by atoms with E-state index in [4.69, 9.17) is 15.6 Å². The first-order valence-electron chi connectivity index (χ1n) is 13.1. The van der Waals surface area contributed by atoms with Crippen LogP contribution in [0.1, 0.15) is 32.5 Å². The first-order valence-corrected chi connectivity index (χ1v) is 13.1. The number of para-hydroxylation sites is 1. The van der Waals surface area contributed by atoms with E-state index in [0.717, 1.165) is 0 Å². The van der Waals surface area contributed by atoms with E-state index < -0.39 is 23.2 Å². The highest BCUT2D eigenvalue weighted by atomic mass is 19.1. The van der Waals surface area contributed by atoms with Crippen molar-refractivity contribution in [3.8, 4) is 22.7 Å². The quantitative estimate of drug-likeness (QED) is 0.270. The molecular weight excluding hydrogens is 526 g/mol. The molecule has 0 saturated carbocycles. The van der Waals surface area contributed by atoms with E-state index in [2.05, 4.69) is 9.97 Å². The number of anilines is 1. The lowest BCUT2D eigenvalue weighted by molar-refractivity contribution is 0.231. The zero-order valence-corrected chi connectivity index (χ0v) is 22.5. The average molecular weight is 553 g/mol. The van der Waals surface area contributed by atoms with E-state index in [1.165, 1.54) is 23.0 Å². The lowest BCUT2D eigenvalue weighted by atomic mass is 10.1. The zero-order valence-electron chi connectivity index (χ0n) is 22.5. The van der Waals surface area contributed by atoms with Crippen LogP contribution in [0.4, 0.5) is 14.6 Å². The molecule has 0 aliphatic rings. The lowest BCUT2D eigenvalue weighted by Gasteiger charge is -2.21. The number of rotatable bonds is 6. The third kappa shape index (κ3) is 4.47. The van der Waals surface area contributed by atoms with Crippen LogP contribution >= 0.6 is 0 Å². The number of hydrogen-bond acceptors (Lipinski definition) is 6. The van der Waals surface area contributed by atoms with Crippen LogP contribution in [0.15, 0.2) is 83.9 Å². The second-order valence-corrected chi connectivity index (χ2v) is 9.99. The van der Waals surface area contributed by atoms with Gasteiger partial charge in [0, 0.05) is 11.3 Å². The van der Waals surface area contributed by atoms with Crippen LogP contribution in [0.5, 0.6) is 5.75 Å². The Morgan fingerprint density at radius 1 is 0.878 bits per heavy atom. The first-order chi connectivity index (χ1) is 19.7. The Balaban J connectivity index is 1.59. The van der Waals surface area contributed by atoms with E-state index in [0.29, 0.717) is 39.1 Å². The van der Waals surface area contributed by atoms with Crippen LogP contribution < -0.4 is 16.0 Å². The van der Waals surface area contributed by atoms with E-state index in [1.807, 2.05) is 26.8 Å². The predicted octanol–water partition coefficient (Wildman–Crippen LogP) is 6.05. The molecular formula is C31H26F2N6O2. The van der Waals surface area contributed by atoms with Crippen molar-refractivity contribution in [3.05, 3.63) is 107 Å². The molecule has 0 fully saturated rings. The van der Waals surface area contributed by atoms with Gasteiger partial charge in [0.1, 0.15) is 23.7 Å². The smallest absolute Gasteiger partial charge is 0.266 e. The van der Waals surface area contributed by atoms with Crippen molar-refractivity contribution in [3.63, 3.8) is 0 Å². The van der Waals surface area contributed by atoms with Crippen molar-refractivity contribution < 1.29 is 13.5 Å². The van der Waals surface area contributed by atoms with Crippen molar-refractivity contribution in [2.75, 3.05) is 5.73 Å². The van der Waals surface area contributed by atoms with E-state index in [9.17, 15) is 9.18 Å². The maximum absolute atomic E-state index is 15.0. The summed E-state index contributed by atoms with van der Waals surface area (Å²) in [4.78, 5) is 22.4. The molecule has 6 rings (SSSR count). The molecule has 3 aromatic carbocycles. The Morgan fingerprint density at radius 3 is 2.39 bits per heavy atom. The number of nitrogen functional groups attached to an aromatic ring is 1. The summed E-state index contributed by atoms with van der Waals surface area (Å²) >= 11 is 0. The molecule has 10 heteroatoms. The van der Waals surface area contributed by atoms with Crippen LogP contribution in [0, 0.1) is 11.6 Å². The van der Waals surface area contributed by atoms with Gasteiger partial charge in [0.25, 0.3) is 5.56 Å². The van der Waals surface area contributed by atoms with Crippen LogP contribution in [0.25, 0.3) is 38.8 Å². The first kappa shape index (κ1) is 26.1. The highest BCUT2D eigenvalue weighted by molar-refractivity contribution is 5.98. The SMILES string of the molecule is CC(C)Oc1ccc(-c2nn(C(C)c3cc4cccc(F)c4c(=O)n3-c3ccccc3)c3ncnc(N)c23)cc1F. The fraction of sp³-hybridized carbons (Fsp3) is 0.161. The standard InChI is InChI=1S/C31H26F2N6O2/c1-17(2)41-25-13-12-20(14-23(25)33)28-27-29(34)35-16-36-30(27)39(37-28)18(3)24-15-19-8-7-11-22(32)26(19)31(40)38(24)21-9-5-4-6-10-21/h4-18H,1-3H3,(H2,34,35,36). The van der Waals surface area contributed by atoms with Crippen LogP contribution in [0.3, 0.4) is 0 Å². The van der Waals surface area contributed by atoms with Crippen LogP contribution in [0.2, 0.25) is 0 Å². The van der Waals surface area contributed by atoms with Gasteiger partial charge in [0.2, 0.25) is 0 Å². The number of pyridine rings is 1. The number of fused-ring (bicyclic) bond motifs is 2. The second kappa shape index (κ2) is 10.1. The number of ether oxygens (including phenoxy) is 1. The fourth-order valence-electron chi connectivity index (χ4n) is 5.08. The summed E-state index contributed by atoms with van der Waals surface area (Å²) in [6.07, 6.45) is 1.13. The molecule has 0 radical (unpaired) electrons. The van der Waals surface area contributed by atoms with Crippen molar-refractivity contribution in [1.29, 1.82) is 0 Å². The van der Waals surface area contributed by atoms with Gasteiger partial charge in [-0.05, 0) is 68.6 Å². The minimum atomic E-state index is -0.601. The zero-order chi connectivity index (χ0) is 28.8. The molecule has 0 aliphatic heterocycles. The highest BCUT2D eigenvalue weighted by Gasteiger charge is 2.25. The number of hydrogen-bond donors (Lipinski definition) is 1. The second-order valence-electron chi connectivity index (χ2n) is 9.99. The normalized spacial score (nSPS) is 12.3. The Hall–Kier alpha value is -5.12. The van der Waals surface area contributed by atoms with Gasteiger partial charge in [-0.2, -0.15) is 5.10 Å². The molecule has 6 aromatic rings. The third-order valence-corrected chi connectivity index (χ3v) is 6.92. The molecule has 206 valence electrons. The minimum Gasteiger partial charge on any atom is -0.488 e. The van der Waals surface area contributed by atoms with Gasteiger partial charge in [-0.15, -0.1) is 0 Å². The van der Waals surface area contributed by atoms with Crippen molar-refractivity contribution in [2.24, 2.45) is 0 Å². The van der Waals surface area contributed by atoms with E-state index in [1.54, 1.807) is 59.3 Å². The van der Waals surface area contributed by atoms with Crippen LogP contribution in [-0.2, 0) is 0 Å². The van der Waals surface area contributed by atoms with Gasteiger partial charge in [-0.25, -0.2) is 23.4 Å². The molecule has 0 spiro atoms. The average Bonchev–Trinajstić information content (AvgIpc) is 3.35. The van der Waals surface area contributed by atoms with Gasteiger partial charge in [-0.1, -0.05) is 30.3 Å². The molecule has 0 saturated heterocycles. The largest absolute Gasteiger partial charge is 0.488 e. The maximum atomic E-state index is 15.0. The van der Waals surface area contributed by atoms with E-state index >= 15 is 4.39 Å². The van der Waals surface area contributed by atoms with E-state index in [-0.39, 0.29) is 23.1 Å². The summed E-state index contributed by atoms with van der Waals surface area (Å²) in [6, 6.07) is 19.3. The molecule has 0 amide bonds. The third-order valence-electron chi connectivity index (χ3n) is 6.92. The van der Waals surface area contributed by atoms with Crippen LogP contribution in [-0.4, -0.2) is 30.4 Å². The van der Waals surface area contributed by atoms with Gasteiger partial charge in [0.05, 0.1) is 28.6 Å². The number of nitrogens with zero attached hydrogens (tertiary/aromatic N) is 5. The monoisotopic (exact) mass is 552 g/mol. The number of aromatic nitrogens is 5. The van der Waals surface area contributed by atoms with Crippen molar-refractivity contribution in [2.45, 2.75) is 32.9 Å². The molecule has 2 N–H and O–H groups in total. The summed E-state index contributed by atoms with van der Waals surface area (Å²) in [5.74, 6) is -0.847. The topological polar surface area (TPSA) is 101 Å². The van der Waals surface area contributed by atoms with Gasteiger partial charge < -0.3 is 10.5 Å². The summed E-state index contributed by atoms with van der Waals surface area (Å²) < 4.78 is 38.5. The fourth-order valence-corrected chi connectivity index (χ4v) is 5.08. The minimum absolute atomic E-state index is 0.0101. The van der Waals surface area contributed by atoms with Gasteiger partial charge >= 0.3 is 0 Å². The number of nitrogens with two attached hydrogens (primary N) is 1. The number of halogens is 2. The van der Waals surface area contributed by atoms with Gasteiger partial charge in [0.15, 0.2) is 17.2 Å². The molecule has 0 bridgehead atoms. The lowest BCUT2D eigenvalue weighted by Crippen LogP contribution is -2.26. The molecule has 1 unspecified atom stereocenters. The Bertz CT molecular complexity index is 1990. The predicted molar refractivity (Wildman–Crippen MR) is 154 cm³/mol. The molecule has 1 atom stereocenters. The van der Waals surface area contributed by atoms with Crippen molar-refractivity contribution in [1.82, 2.24) is 24.3 Å². The molecule has 3 heterocycles. The Labute approximate surface area is 233 Å². The molecule has 0 aliphatic carbocycles. The summed E-state index contributed by atoms with van der Waals surface area (Å²) in [6.45, 7) is 5.49. The molecule has 8 nitrogen and oxygen atoms in total. The van der Waals surface area contributed by atoms with Gasteiger partial charge in [-0.3, -0.25) is 9.36 Å². The number of benzene rings is 3. The van der Waals surface area contributed by atoms with Crippen molar-refractivity contribution >= 4 is 27.6 Å². The summed E-state index contributed by atoms with van der Waals surface area (Å²) in [5.41, 5.74) is 8.14. The highest BCUT2D eigenvalue weighted by Crippen LogP contribution is 2.35. The Morgan fingerprint density at radius 2 is 1.66 bits per heavy atom. The Kier molecular flexibility index (Phi) is 6.45.